The maximum absolute atomic E-state index is 10.8. The fraction of sp³-hybridized carbons (Fsp3) is 0.909. The highest BCUT2D eigenvalue weighted by atomic mass is 16.4. The molecule has 0 spiro atoms. The Labute approximate surface area is 86.1 Å². The van der Waals surface area contributed by atoms with Crippen molar-refractivity contribution in [2.75, 3.05) is 0 Å². The average molecular weight is 202 g/mol. The zero-order chi connectivity index (χ0) is 11.0. The number of hydrogen-bond acceptors (Lipinski definition) is 2. The fourth-order valence-electron chi connectivity index (χ4n) is 1.60. The standard InChI is InChI=1S/C11H22O3/c1-3-5-6-7-9-11(14,8-4-2)10(12)13/h14H,3-9H2,1-2H3,(H,12,13)/t11-/m0/s1. The van der Waals surface area contributed by atoms with Crippen molar-refractivity contribution in [2.45, 2.75) is 64.4 Å². The van der Waals surface area contributed by atoms with Crippen molar-refractivity contribution in [3.05, 3.63) is 0 Å². The maximum Gasteiger partial charge on any atom is 0.335 e. The summed E-state index contributed by atoms with van der Waals surface area (Å²) in [6.07, 6.45) is 5.49. The van der Waals surface area contributed by atoms with Crippen LogP contribution in [0.5, 0.6) is 0 Å². The van der Waals surface area contributed by atoms with E-state index in [9.17, 15) is 9.90 Å². The van der Waals surface area contributed by atoms with E-state index in [1.165, 1.54) is 0 Å². The molecule has 0 aromatic rings. The smallest absolute Gasteiger partial charge is 0.335 e. The first-order valence-electron chi connectivity index (χ1n) is 5.52. The summed E-state index contributed by atoms with van der Waals surface area (Å²) < 4.78 is 0. The largest absolute Gasteiger partial charge is 0.479 e. The van der Waals surface area contributed by atoms with Crippen LogP contribution in [0, 0.1) is 0 Å². The average Bonchev–Trinajstić information content (AvgIpc) is 2.13. The van der Waals surface area contributed by atoms with E-state index < -0.39 is 11.6 Å². The summed E-state index contributed by atoms with van der Waals surface area (Å²) in [7, 11) is 0. The Bertz CT molecular complexity index is 168. The third kappa shape index (κ3) is 4.61. The third-order valence-corrected chi connectivity index (χ3v) is 2.51. The number of carboxylic acid groups (broad SMARTS) is 1. The summed E-state index contributed by atoms with van der Waals surface area (Å²) >= 11 is 0. The Morgan fingerprint density at radius 2 is 1.71 bits per heavy atom. The van der Waals surface area contributed by atoms with Gasteiger partial charge in [-0.15, -0.1) is 0 Å². The summed E-state index contributed by atoms with van der Waals surface area (Å²) in [5.41, 5.74) is -1.48. The molecule has 14 heavy (non-hydrogen) atoms. The van der Waals surface area contributed by atoms with Crippen LogP contribution in [-0.2, 0) is 4.79 Å². The lowest BCUT2D eigenvalue weighted by Gasteiger charge is -2.22. The molecule has 1 atom stereocenters. The Morgan fingerprint density at radius 3 is 2.14 bits per heavy atom. The Morgan fingerprint density at radius 1 is 1.07 bits per heavy atom. The minimum Gasteiger partial charge on any atom is -0.479 e. The minimum atomic E-state index is -1.48. The van der Waals surface area contributed by atoms with Crippen molar-refractivity contribution in [3.8, 4) is 0 Å². The second kappa shape index (κ2) is 6.82. The van der Waals surface area contributed by atoms with Crippen LogP contribution in [-0.4, -0.2) is 21.8 Å². The second-order valence-electron chi connectivity index (χ2n) is 3.90. The van der Waals surface area contributed by atoms with Crippen LogP contribution >= 0.6 is 0 Å². The predicted octanol–water partition coefficient (Wildman–Crippen LogP) is 2.57. The van der Waals surface area contributed by atoms with E-state index >= 15 is 0 Å². The minimum absolute atomic E-state index is 0.356. The molecular formula is C11H22O3. The van der Waals surface area contributed by atoms with Crippen molar-refractivity contribution >= 4 is 5.97 Å². The lowest BCUT2D eigenvalue weighted by atomic mass is 9.91. The van der Waals surface area contributed by atoms with Gasteiger partial charge in [-0.2, -0.15) is 0 Å². The molecule has 0 radical (unpaired) electrons. The summed E-state index contributed by atoms with van der Waals surface area (Å²) in [5.74, 6) is -1.07. The van der Waals surface area contributed by atoms with E-state index in [1.54, 1.807) is 0 Å². The highest BCUT2D eigenvalue weighted by Crippen LogP contribution is 2.21. The SMILES string of the molecule is CCCCCC[C@@](O)(CCC)C(=O)O. The molecule has 0 aromatic heterocycles. The third-order valence-electron chi connectivity index (χ3n) is 2.51. The molecule has 0 heterocycles. The van der Waals surface area contributed by atoms with Crippen LogP contribution in [0.25, 0.3) is 0 Å². The van der Waals surface area contributed by atoms with Gasteiger partial charge in [-0.05, 0) is 19.3 Å². The van der Waals surface area contributed by atoms with Crippen LogP contribution in [0.2, 0.25) is 0 Å². The highest BCUT2D eigenvalue weighted by Gasteiger charge is 2.33. The van der Waals surface area contributed by atoms with E-state index in [2.05, 4.69) is 6.92 Å². The Hall–Kier alpha value is -0.570. The first-order valence-corrected chi connectivity index (χ1v) is 5.52. The number of aliphatic carboxylic acids is 1. The lowest BCUT2D eigenvalue weighted by molar-refractivity contribution is -0.160. The molecule has 0 aliphatic rings. The quantitative estimate of drug-likeness (QED) is 0.595. The van der Waals surface area contributed by atoms with Gasteiger partial charge in [-0.1, -0.05) is 39.5 Å². The van der Waals surface area contributed by atoms with E-state index in [4.69, 9.17) is 5.11 Å². The lowest BCUT2D eigenvalue weighted by Crippen LogP contribution is -2.38. The first kappa shape index (κ1) is 13.4. The zero-order valence-electron chi connectivity index (χ0n) is 9.25. The molecule has 0 amide bonds. The summed E-state index contributed by atoms with van der Waals surface area (Å²) in [4.78, 5) is 10.8. The normalized spacial score (nSPS) is 15.1. The van der Waals surface area contributed by atoms with Crippen LogP contribution in [0.4, 0.5) is 0 Å². The molecule has 0 aliphatic carbocycles. The van der Waals surface area contributed by atoms with Gasteiger partial charge in [-0.3, -0.25) is 0 Å². The molecule has 0 saturated carbocycles. The van der Waals surface area contributed by atoms with E-state index in [-0.39, 0.29) is 0 Å². The Balaban J connectivity index is 3.90. The fourth-order valence-corrected chi connectivity index (χ4v) is 1.60. The molecule has 0 bridgehead atoms. The van der Waals surface area contributed by atoms with Crippen molar-refractivity contribution < 1.29 is 15.0 Å². The number of rotatable bonds is 8. The van der Waals surface area contributed by atoms with Crippen molar-refractivity contribution in [3.63, 3.8) is 0 Å². The van der Waals surface area contributed by atoms with E-state index in [0.717, 1.165) is 25.7 Å². The molecule has 0 rings (SSSR count). The van der Waals surface area contributed by atoms with Crippen LogP contribution in [0.1, 0.15) is 58.8 Å². The summed E-state index contributed by atoms with van der Waals surface area (Å²) in [5, 5.41) is 18.7. The van der Waals surface area contributed by atoms with E-state index in [0.29, 0.717) is 19.3 Å². The number of hydrogen-bond donors (Lipinski definition) is 2. The monoisotopic (exact) mass is 202 g/mol. The number of carbonyl (C=O) groups is 1. The van der Waals surface area contributed by atoms with Gasteiger partial charge in [0.1, 0.15) is 0 Å². The molecule has 2 N–H and O–H groups in total. The molecule has 0 unspecified atom stereocenters. The van der Waals surface area contributed by atoms with Crippen molar-refractivity contribution in [1.29, 1.82) is 0 Å². The number of carboxylic acids is 1. The number of aliphatic hydroxyl groups is 1. The molecule has 0 saturated heterocycles. The first-order chi connectivity index (χ1) is 6.56. The van der Waals surface area contributed by atoms with Gasteiger partial charge >= 0.3 is 5.97 Å². The van der Waals surface area contributed by atoms with Crippen LogP contribution in [0.15, 0.2) is 0 Å². The molecule has 0 aromatic carbocycles. The molecule has 0 aliphatic heterocycles. The highest BCUT2D eigenvalue weighted by molar-refractivity contribution is 5.76. The predicted molar refractivity (Wildman–Crippen MR) is 56.3 cm³/mol. The number of unbranched alkanes of at least 4 members (excludes halogenated alkanes) is 3. The molecule has 0 fully saturated rings. The van der Waals surface area contributed by atoms with Crippen LogP contribution < -0.4 is 0 Å². The van der Waals surface area contributed by atoms with Gasteiger partial charge in [0, 0.05) is 0 Å². The Kier molecular flexibility index (Phi) is 6.54. The van der Waals surface area contributed by atoms with Crippen molar-refractivity contribution in [1.82, 2.24) is 0 Å². The van der Waals surface area contributed by atoms with Gasteiger partial charge < -0.3 is 10.2 Å². The molecular weight excluding hydrogens is 180 g/mol. The summed E-state index contributed by atoms with van der Waals surface area (Å²) in [6, 6.07) is 0. The van der Waals surface area contributed by atoms with Crippen LogP contribution in [0.3, 0.4) is 0 Å². The molecule has 84 valence electrons. The topological polar surface area (TPSA) is 57.5 Å². The van der Waals surface area contributed by atoms with Gasteiger partial charge in [0.05, 0.1) is 0 Å². The van der Waals surface area contributed by atoms with E-state index in [1.807, 2.05) is 6.92 Å². The van der Waals surface area contributed by atoms with Gasteiger partial charge in [0.15, 0.2) is 5.60 Å². The van der Waals surface area contributed by atoms with Gasteiger partial charge in [-0.25, -0.2) is 4.79 Å². The van der Waals surface area contributed by atoms with Gasteiger partial charge in [0.25, 0.3) is 0 Å². The van der Waals surface area contributed by atoms with Crippen molar-refractivity contribution in [2.24, 2.45) is 0 Å². The van der Waals surface area contributed by atoms with Gasteiger partial charge in [0.2, 0.25) is 0 Å². The second-order valence-corrected chi connectivity index (χ2v) is 3.90. The molecule has 3 nitrogen and oxygen atoms in total. The molecule has 3 heteroatoms. The summed E-state index contributed by atoms with van der Waals surface area (Å²) in [6.45, 7) is 4.00. The zero-order valence-corrected chi connectivity index (χ0v) is 9.25. The maximum atomic E-state index is 10.8.